The van der Waals surface area contributed by atoms with Crippen LogP contribution in [-0.2, 0) is 11.5 Å². The summed E-state index contributed by atoms with van der Waals surface area (Å²) >= 11 is 5.18. The Morgan fingerprint density at radius 2 is 1.77 bits per heavy atom. The van der Waals surface area contributed by atoms with Crippen LogP contribution in [0.2, 0.25) is 0 Å². The summed E-state index contributed by atoms with van der Waals surface area (Å²) in [5, 5.41) is 5.10. The minimum absolute atomic E-state index is 0.0833. The molecule has 4 aromatic rings. The van der Waals surface area contributed by atoms with Gasteiger partial charge in [-0.25, -0.2) is 0 Å². The zero-order valence-electron chi connectivity index (χ0n) is 16.2. The smallest absolute Gasteiger partial charge is 0.256 e. The second-order valence-corrected chi connectivity index (χ2v) is 9.59. The molecule has 30 heavy (non-hydrogen) atoms. The Labute approximate surface area is 189 Å². The Balaban J connectivity index is 1.36. The number of nitrogens with zero attached hydrogens (tertiary/aromatic N) is 1. The van der Waals surface area contributed by atoms with Gasteiger partial charge in [-0.2, -0.15) is 0 Å². The molecule has 2 aromatic carbocycles. The van der Waals surface area contributed by atoms with Crippen molar-refractivity contribution in [3.05, 3.63) is 107 Å². The predicted molar refractivity (Wildman–Crippen MR) is 129 cm³/mol. The summed E-state index contributed by atoms with van der Waals surface area (Å²) in [7, 11) is 0. The van der Waals surface area contributed by atoms with Gasteiger partial charge >= 0.3 is 0 Å². The maximum Gasteiger partial charge on any atom is 0.256 e. The van der Waals surface area contributed by atoms with E-state index >= 15 is 0 Å². The molecule has 3 nitrogen and oxygen atoms in total. The highest BCUT2D eigenvalue weighted by atomic mass is 32.2. The fourth-order valence-corrected chi connectivity index (χ4v) is 5.46. The van der Waals surface area contributed by atoms with Crippen LogP contribution >= 0.6 is 34.9 Å². The summed E-state index contributed by atoms with van der Waals surface area (Å²) < 4.78 is 0. The van der Waals surface area contributed by atoms with E-state index in [2.05, 4.69) is 33.9 Å². The quantitative estimate of drug-likeness (QED) is 0.295. The van der Waals surface area contributed by atoms with Gasteiger partial charge in [0.2, 0.25) is 0 Å². The number of aromatic nitrogens is 1. The number of carbonyl (C=O) groups is 1. The molecule has 0 aliphatic carbocycles. The molecule has 2 heterocycles. The standard InChI is InChI=1S/C24H20N2OS3/c27-24(22-7-1-2-8-23(22)30-17-21-6-4-14-28-21)26-19-9-11-20(12-10-19)29-16-18-5-3-13-25-15-18/h1-15H,16-17H2,(H,26,27). The number of hydrogen-bond acceptors (Lipinski definition) is 5. The lowest BCUT2D eigenvalue weighted by Crippen LogP contribution is -2.12. The van der Waals surface area contributed by atoms with Crippen molar-refractivity contribution in [1.29, 1.82) is 0 Å². The zero-order chi connectivity index (χ0) is 20.6. The zero-order valence-corrected chi connectivity index (χ0v) is 18.6. The first-order valence-corrected chi connectivity index (χ1v) is 12.3. The summed E-state index contributed by atoms with van der Waals surface area (Å²) in [5.41, 5.74) is 2.69. The van der Waals surface area contributed by atoms with E-state index in [-0.39, 0.29) is 5.91 Å². The third-order valence-corrected chi connectivity index (χ3v) is 7.59. The predicted octanol–water partition coefficient (Wildman–Crippen LogP) is 6.98. The van der Waals surface area contributed by atoms with Crippen LogP contribution in [0.4, 0.5) is 5.69 Å². The van der Waals surface area contributed by atoms with Gasteiger partial charge in [-0.05, 0) is 59.5 Å². The minimum atomic E-state index is -0.0833. The molecule has 0 bridgehead atoms. The van der Waals surface area contributed by atoms with Crippen molar-refractivity contribution < 1.29 is 4.79 Å². The lowest BCUT2D eigenvalue weighted by molar-refractivity contribution is 0.102. The minimum Gasteiger partial charge on any atom is -0.322 e. The number of thioether (sulfide) groups is 2. The van der Waals surface area contributed by atoms with Gasteiger partial charge in [0.1, 0.15) is 0 Å². The van der Waals surface area contributed by atoms with E-state index in [1.807, 2.05) is 60.8 Å². The number of benzene rings is 2. The molecular weight excluding hydrogens is 428 g/mol. The van der Waals surface area contributed by atoms with Gasteiger partial charge in [0, 0.05) is 44.3 Å². The second kappa shape index (κ2) is 10.5. The van der Waals surface area contributed by atoms with E-state index in [0.717, 1.165) is 27.0 Å². The molecule has 1 N–H and O–H groups in total. The molecule has 6 heteroatoms. The molecule has 0 radical (unpaired) electrons. The third kappa shape index (κ3) is 5.75. The Kier molecular flexibility index (Phi) is 7.24. The van der Waals surface area contributed by atoms with Gasteiger partial charge in [-0.1, -0.05) is 24.3 Å². The molecule has 0 aliphatic rings. The van der Waals surface area contributed by atoms with E-state index in [4.69, 9.17) is 0 Å². The Bertz CT molecular complexity index is 1080. The molecule has 0 fully saturated rings. The first-order chi connectivity index (χ1) is 14.8. The highest BCUT2D eigenvalue weighted by Crippen LogP contribution is 2.29. The van der Waals surface area contributed by atoms with Crippen LogP contribution in [0.5, 0.6) is 0 Å². The molecule has 0 spiro atoms. The molecule has 0 saturated carbocycles. The van der Waals surface area contributed by atoms with E-state index in [0.29, 0.717) is 5.56 Å². The monoisotopic (exact) mass is 448 g/mol. The van der Waals surface area contributed by atoms with Crippen molar-refractivity contribution in [3.8, 4) is 0 Å². The molecule has 1 amide bonds. The van der Waals surface area contributed by atoms with Crippen molar-refractivity contribution in [3.63, 3.8) is 0 Å². The van der Waals surface area contributed by atoms with Crippen molar-refractivity contribution in [1.82, 2.24) is 4.98 Å². The molecule has 0 atom stereocenters. The normalized spacial score (nSPS) is 10.7. The largest absolute Gasteiger partial charge is 0.322 e. The Morgan fingerprint density at radius 1 is 0.900 bits per heavy atom. The van der Waals surface area contributed by atoms with Crippen LogP contribution < -0.4 is 5.32 Å². The summed E-state index contributed by atoms with van der Waals surface area (Å²) in [5.74, 6) is 1.65. The first kappa shape index (κ1) is 20.7. The molecular formula is C24H20N2OS3. The van der Waals surface area contributed by atoms with Gasteiger partial charge in [-0.3, -0.25) is 9.78 Å². The number of amides is 1. The molecule has 0 aliphatic heterocycles. The van der Waals surface area contributed by atoms with Crippen molar-refractivity contribution in [2.45, 2.75) is 21.3 Å². The number of rotatable bonds is 8. The Morgan fingerprint density at radius 3 is 2.53 bits per heavy atom. The van der Waals surface area contributed by atoms with Gasteiger partial charge < -0.3 is 5.32 Å². The molecule has 2 aromatic heterocycles. The molecule has 150 valence electrons. The SMILES string of the molecule is O=C(Nc1ccc(SCc2cccnc2)cc1)c1ccccc1SCc1cccs1. The lowest BCUT2D eigenvalue weighted by atomic mass is 10.2. The van der Waals surface area contributed by atoms with E-state index in [1.54, 1.807) is 41.1 Å². The van der Waals surface area contributed by atoms with Crippen molar-refractivity contribution in [2.75, 3.05) is 5.32 Å². The van der Waals surface area contributed by atoms with E-state index in [9.17, 15) is 4.79 Å². The summed E-state index contributed by atoms with van der Waals surface area (Å²) in [6.07, 6.45) is 3.67. The maximum atomic E-state index is 12.9. The summed E-state index contributed by atoms with van der Waals surface area (Å²) in [4.78, 5) is 20.5. The number of thiophene rings is 1. The maximum absolute atomic E-state index is 12.9. The fraction of sp³-hybridized carbons (Fsp3) is 0.0833. The van der Waals surface area contributed by atoms with E-state index < -0.39 is 0 Å². The van der Waals surface area contributed by atoms with Gasteiger partial charge in [0.05, 0.1) is 5.56 Å². The van der Waals surface area contributed by atoms with Crippen LogP contribution in [0.3, 0.4) is 0 Å². The van der Waals surface area contributed by atoms with Crippen LogP contribution in [0.15, 0.2) is 100 Å². The van der Waals surface area contributed by atoms with Gasteiger partial charge in [0.25, 0.3) is 5.91 Å². The average molecular weight is 449 g/mol. The number of pyridine rings is 1. The second-order valence-electron chi connectivity index (χ2n) is 6.49. The van der Waals surface area contributed by atoms with Crippen LogP contribution in [0.25, 0.3) is 0 Å². The summed E-state index contributed by atoms with van der Waals surface area (Å²) in [6, 6.07) is 23.9. The highest BCUT2D eigenvalue weighted by Gasteiger charge is 2.12. The topological polar surface area (TPSA) is 42.0 Å². The highest BCUT2D eigenvalue weighted by molar-refractivity contribution is 7.98. The summed E-state index contributed by atoms with van der Waals surface area (Å²) in [6.45, 7) is 0. The van der Waals surface area contributed by atoms with Crippen LogP contribution in [0, 0.1) is 0 Å². The lowest BCUT2D eigenvalue weighted by Gasteiger charge is -2.10. The molecule has 0 saturated heterocycles. The van der Waals surface area contributed by atoms with Gasteiger partial charge in [0.15, 0.2) is 0 Å². The van der Waals surface area contributed by atoms with E-state index in [1.165, 1.54) is 10.4 Å². The fourth-order valence-electron chi connectivity index (χ4n) is 2.81. The van der Waals surface area contributed by atoms with Crippen LogP contribution in [0.1, 0.15) is 20.8 Å². The third-order valence-electron chi connectivity index (χ3n) is 4.32. The number of nitrogens with one attached hydrogen (secondary N) is 1. The molecule has 0 unspecified atom stereocenters. The van der Waals surface area contributed by atoms with Crippen molar-refractivity contribution >= 4 is 46.5 Å². The number of anilines is 1. The number of hydrogen-bond donors (Lipinski definition) is 1. The first-order valence-electron chi connectivity index (χ1n) is 9.45. The molecule has 4 rings (SSSR count). The average Bonchev–Trinajstić information content (AvgIpc) is 3.32. The Hall–Kier alpha value is -2.54. The van der Waals surface area contributed by atoms with Crippen molar-refractivity contribution in [2.24, 2.45) is 0 Å². The van der Waals surface area contributed by atoms with Crippen LogP contribution in [-0.4, -0.2) is 10.9 Å². The van der Waals surface area contributed by atoms with Gasteiger partial charge in [-0.15, -0.1) is 34.9 Å². The number of carbonyl (C=O) groups excluding carboxylic acids is 1.